The molecule has 0 spiro atoms. The van der Waals surface area contributed by atoms with Crippen LogP contribution in [0.15, 0.2) is 34.7 Å². The highest BCUT2D eigenvalue weighted by molar-refractivity contribution is 6.33. The number of carbonyl (C=O) groups is 1. The minimum atomic E-state index is -0.512. The van der Waals surface area contributed by atoms with E-state index in [1.165, 1.54) is 18.2 Å². The van der Waals surface area contributed by atoms with E-state index in [4.69, 9.17) is 21.8 Å². The average Bonchev–Trinajstić information content (AvgIpc) is 2.82. The maximum absolute atomic E-state index is 13.0. The summed E-state index contributed by atoms with van der Waals surface area (Å²) in [5.74, 6) is -0.416. The molecule has 0 saturated heterocycles. The molecule has 0 saturated carbocycles. The fraction of sp³-hybridized carbons (Fsp3) is 0.0833. The topological polar surface area (TPSA) is 68.3 Å². The molecule has 0 aliphatic rings. The number of nitrogens with two attached hydrogens (primary N) is 1. The first-order chi connectivity index (χ1) is 8.60. The van der Waals surface area contributed by atoms with E-state index in [0.717, 1.165) is 6.07 Å². The molecular weight excluding hydrogens is 259 g/mol. The van der Waals surface area contributed by atoms with E-state index in [-0.39, 0.29) is 23.0 Å². The van der Waals surface area contributed by atoms with Gasteiger partial charge in [0.2, 0.25) is 0 Å². The molecule has 0 fully saturated rings. The molecule has 1 heterocycles. The third kappa shape index (κ3) is 2.69. The number of furan rings is 1. The van der Waals surface area contributed by atoms with Crippen LogP contribution in [0, 0.1) is 5.82 Å². The van der Waals surface area contributed by atoms with Crippen molar-refractivity contribution < 1.29 is 13.6 Å². The van der Waals surface area contributed by atoms with Crippen LogP contribution >= 0.6 is 11.6 Å². The summed E-state index contributed by atoms with van der Waals surface area (Å²) in [6, 6.07) is 6.79. The fourth-order valence-corrected chi connectivity index (χ4v) is 1.55. The molecule has 3 N–H and O–H groups in total. The number of anilines is 1. The van der Waals surface area contributed by atoms with Gasteiger partial charge in [-0.25, -0.2) is 4.39 Å². The average molecular weight is 269 g/mol. The lowest BCUT2D eigenvalue weighted by atomic mass is 10.3. The van der Waals surface area contributed by atoms with Gasteiger partial charge in [-0.05, 0) is 30.3 Å². The molecule has 0 unspecified atom stereocenters. The molecule has 1 aromatic heterocycles. The van der Waals surface area contributed by atoms with E-state index < -0.39 is 11.7 Å². The Labute approximate surface area is 108 Å². The predicted octanol–water partition coefficient (Wildman–Crippen LogP) is 2.78. The molecule has 1 amide bonds. The van der Waals surface area contributed by atoms with Crippen LogP contribution in [0.3, 0.4) is 0 Å². The van der Waals surface area contributed by atoms with Crippen LogP contribution in [0.25, 0.3) is 0 Å². The van der Waals surface area contributed by atoms with Crippen molar-refractivity contribution in [2.24, 2.45) is 5.73 Å². The van der Waals surface area contributed by atoms with Crippen LogP contribution in [-0.4, -0.2) is 5.91 Å². The minimum Gasteiger partial charge on any atom is -0.455 e. The zero-order valence-corrected chi connectivity index (χ0v) is 10.00. The number of hydrogen-bond donors (Lipinski definition) is 2. The van der Waals surface area contributed by atoms with Gasteiger partial charge in [0.1, 0.15) is 11.6 Å². The summed E-state index contributed by atoms with van der Waals surface area (Å²) in [4.78, 5) is 11.8. The van der Waals surface area contributed by atoms with Crippen LogP contribution < -0.4 is 11.1 Å². The zero-order valence-electron chi connectivity index (χ0n) is 9.24. The van der Waals surface area contributed by atoms with Gasteiger partial charge in [-0.3, -0.25) is 4.79 Å². The maximum atomic E-state index is 13.0. The predicted molar refractivity (Wildman–Crippen MR) is 66.0 cm³/mol. The van der Waals surface area contributed by atoms with Crippen LogP contribution in [0.2, 0.25) is 5.02 Å². The lowest BCUT2D eigenvalue weighted by molar-refractivity contribution is 0.0995. The van der Waals surface area contributed by atoms with Crippen molar-refractivity contribution in [2.75, 3.05) is 5.32 Å². The highest BCUT2D eigenvalue weighted by Crippen LogP contribution is 2.23. The molecule has 0 bridgehead atoms. The second-order valence-electron chi connectivity index (χ2n) is 3.55. The van der Waals surface area contributed by atoms with Gasteiger partial charge >= 0.3 is 0 Å². The lowest BCUT2D eigenvalue weighted by Crippen LogP contribution is -2.11. The number of amides is 1. The van der Waals surface area contributed by atoms with Gasteiger partial charge in [0.25, 0.3) is 5.91 Å². The van der Waals surface area contributed by atoms with Crippen LogP contribution in [0.1, 0.15) is 16.3 Å². The fourth-order valence-electron chi connectivity index (χ4n) is 1.39. The quantitative estimate of drug-likeness (QED) is 0.899. The number of benzene rings is 1. The number of carbonyl (C=O) groups excluding carboxylic acids is 1. The Bertz CT molecular complexity index is 583. The van der Waals surface area contributed by atoms with Gasteiger partial charge in [0, 0.05) is 0 Å². The van der Waals surface area contributed by atoms with Crippen molar-refractivity contribution in [3.63, 3.8) is 0 Å². The molecule has 0 aliphatic heterocycles. The molecular formula is C12H10ClFN2O2. The molecule has 18 heavy (non-hydrogen) atoms. The SMILES string of the molecule is NCc1ccc(C(=O)Nc2cc(F)ccc2Cl)o1. The van der Waals surface area contributed by atoms with Gasteiger partial charge in [-0.1, -0.05) is 11.6 Å². The first kappa shape index (κ1) is 12.6. The van der Waals surface area contributed by atoms with Crippen LogP contribution in [-0.2, 0) is 6.54 Å². The second kappa shape index (κ2) is 5.20. The lowest BCUT2D eigenvalue weighted by Gasteiger charge is -2.05. The van der Waals surface area contributed by atoms with Crippen molar-refractivity contribution in [1.82, 2.24) is 0 Å². The third-order valence-electron chi connectivity index (χ3n) is 2.26. The Morgan fingerprint density at radius 2 is 2.17 bits per heavy atom. The standard InChI is InChI=1S/C12H10ClFN2O2/c13-9-3-1-7(14)5-10(9)16-12(17)11-4-2-8(6-15)18-11/h1-5H,6,15H2,(H,16,17). The summed E-state index contributed by atoms with van der Waals surface area (Å²) in [6.45, 7) is 0.202. The molecule has 4 nitrogen and oxygen atoms in total. The summed E-state index contributed by atoms with van der Waals surface area (Å²) in [5, 5.41) is 2.70. The molecule has 1 aromatic carbocycles. The summed E-state index contributed by atoms with van der Waals surface area (Å²) < 4.78 is 18.2. The third-order valence-corrected chi connectivity index (χ3v) is 2.59. The number of hydrogen-bond acceptors (Lipinski definition) is 3. The Hall–Kier alpha value is -1.85. The smallest absolute Gasteiger partial charge is 0.291 e. The van der Waals surface area contributed by atoms with E-state index >= 15 is 0 Å². The van der Waals surface area contributed by atoms with Crippen LogP contribution in [0.5, 0.6) is 0 Å². The van der Waals surface area contributed by atoms with Crippen molar-refractivity contribution in [2.45, 2.75) is 6.54 Å². The Balaban J connectivity index is 2.18. The summed E-state index contributed by atoms with van der Waals surface area (Å²) in [7, 11) is 0. The van der Waals surface area contributed by atoms with Crippen molar-refractivity contribution in [3.05, 3.63) is 52.7 Å². The van der Waals surface area contributed by atoms with E-state index in [1.807, 2.05) is 0 Å². The summed E-state index contributed by atoms with van der Waals surface area (Å²) in [6.07, 6.45) is 0. The minimum absolute atomic E-state index is 0.0933. The van der Waals surface area contributed by atoms with E-state index in [2.05, 4.69) is 5.32 Å². The summed E-state index contributed by atoms with van der Waals surface area (Å²) in [5.41, 5.74) is 5.55. The van der Waals surface area contributed by atoms with E-state index in [1.54, 1.807) is 6.07 Å². The van der Waals surface area contributed by atoms with Crippen LogP contribution in [0.4, 0.5) is 10.1 Å². The van der Waals surface area contributed by atoms with Crippen molar-refractivity contribution in [1.29, 1.82) is 0 Å². The summed E-state index contributed by atoms with van der Waals surface area (Å²) >= 11 is 5.83. The highest BCUT2D eigenvalue weighted by Gasteiger charge is 2.13. The van der Waals surface area contributed by atoms with Gasteiger partial charge in [-0.15, -0.1) is 0 Å². The largest absolute Gasteiger partial charge is 0.455 e. The number of halogens is 2. The maximum Gasteiger partial charge on any atom is 0.291 e. The molecule has 0 atom stereocenters. The van der Waals surface area contributed by atoms with Gasteiger partial charge in [0.05, 0.1) is 17.3 Å². The number of rotatable bonds is 3. The monoisotopic (exact) mass is 268 g/mol. The van der Waals surface area contributed by atoms with Gasteiger partial charge in [0.15, 0.2) is 5.76 Å². The van der Waals surface area contributed by atoms with Gasteiger partial charge < -0.3 is 15.5 Å². The zero-order chi connectivity index (χ0) is 13.1. The van der Waals surface area contributed by atoms with E-state index in [0.29, 0.717) is 5.76 Å². The molecule has 6 heteroatoms. The molecule has 2 aromatic rings. The van der Waals surface area contributed by atoms with Crippen molar-refractivity contribution >= 4 is 23.2 Å². The molecule has 2 rings (SSSR count). The van der Waals surface area contributed by atoms with E-state index in [9.17, 15) is 9.18 Å². The molecule has 0 radical (unpaired) electrons. The Kier molecular flexibility index (Phi) is 3.64. The highest BCUT2D eigenvalue weighted by atomic mass is 35.5. The normalized spacial score (nSPS) is 10.4. The van der Waals surface area contributed by atoms with Crippen molar-refractivity contribution in [3.8, 4) is 0 Å². The molecule has 94 valence electrons. The molecule has 0 aliphatic carbocycles. The van der Waals surface area contributed by atoms with Gasteiger partial charge in [-0.2, -0.15) is 0 Å². The first-order valence-corrected chi connectivity index (χ1v) is 5.53. The Morgan fingerprint density at radius 3 is 2.83 bits per heavy atom. The second-order valence-corrected chi connectivity index (χ2v) is 3.96. The first-order valence-electron chi connectivity index (χ1n) is 5.15. The number of nitrogens with one attached hydrogen (secondary N) is 1. The Morgan fingerprint density at radius 1 is 1.39 bits per heavy atom.